The molecule has 0 bridgehead atoms. The first kappa shape index (κ1) is 13.7. The topological polar surface area (TPSA) is 96.9 Å². The van der Waals surface area contributed by atoms with Crippen molar-refractivity contribution < 1.29 is 24.2 Å². The quantitative estimate of drug-likeness (QED) is 0.611. The lowest BCUT2D eigenvalue weighted by atomic mass is 10.2. The molecule has 0 saturated carbocycles. The second kappa shape index (κ2) is 7.08. The second-order valence-electron chi connectivity index (χ2n) is 3.72. The summed E-state index contributed by atoms with van der Waals surface area (Å²) in [7, 11) is 0. The summed E-state index contributed by atoms with van der Waals surface area (Å²) in [6.07, 6.45) is 0.172. The summed E-state index contributed by atoms with van der Waals surface area (Å²) >= 11 is 0. The maximum atomic E-state index is 11.4. The normalized spacial score (nSPS) is 21.6. The molecule has 7 nitrogen and oxygen atoms in total. The maximum absolute atomic E-state index is 11.4. The van der Waals surface area contributed by atoms with Crippen LogP contribution in [0.5, 0.6) is 0 Å². The third-order valence-corrected chi connectivity index (χ3v) is 2.39. The van der Waals surface area contributed by atoms with Crippen LogP contribution < -0.4 is 10.6 Å². The molecule has 1 saturated heterocycles. The Kier molecular flexibility index (Phi) is 5.71. The predicted molar refractivity (Wildman–Crippen MR) is 58.8 cm³/mol. The van der Waals surface area contributed by atoms with E-state index in [0.717, 1.165) is 0 Å². The van der Waals surface area contributed by atoms with Gasteiger partial charge in [0.1, 0.15) is 6.04 Å². The number of amides is 2. The highest BCUT2D eigenvalue weighted by atomic mass is 16.6. The van der Waals surface area contributed by atoms with E-state index in [0.29, 0.717) is 32.8 Å². The Bertz CT molecular complexity index is 265. The number of hydrogen-bond acceptors (Lipinski definition) is 4. The summed E-state index contributed by atoms with van der Waals surface area (Å²) < 4.78 is 10.5. The third-order valence-electron chi connectivity index (χ3n) is 2.39. The number of carbonyl (C=O) groups excluding carboxylic acids is 1. The molecule has 1 aliphatic rings. The lowest BCUT2D eigenvalue weighted by molar-refractivity contribution is -0.139. The Morgan fingerprint density at radius 2 is 2.24 bits per heavy atom. The van der Waals surface area contributed by atoms with E-state index in [-0.39, 0.29) is 6.10 Å². The van der Waals surface area contributed by atoms with E-state index in [2.05, 4.69) is 10.6 Å². The van der Waals surface area contributed by atoms with Crippen molar-refractivity contribution in [3.8, 4) is 0 Å². The average Bonchev–Trinajstić information content (AvgIpc) is 2.34. The fourth-order valence-electron chi connectivity index (χ4n) is 1.41. The molecule has 0 aromatic carbocycles. The summed E-state index contributed by atoms with van der Waals surface area (Å²) in [5.41, 5.74) is 0. The second-order valence-corrected chi connectivity index (χ2v) is 3.72. The van der Waals surface area contributed by atoms with E-state index in [1.807, 2.05) is 0 Å². The van der Waals surface area contributed by atoms with Gasteiger partial charge in [0.25, 0.3) is 0 Å². The highest BCUT2D eigenvalue weighted by Crippen LogP contribution is 1.98. The summed E-state index contributed by atoms with van der Waals surface area (Å²) in [4.78, 5) is 22.1. The van der Waals surface area contributed by atoms with Crippen molar-refractivity contribution in [3.63, 3.8) is 0 Å². The van der Waals surface area contributed by atoms with Gasteiger partial charge in [-0.3, -0.25) is 0 Å². The first-order valence-corrected chi connectivity index (χ1v) is 5.60. The number of hydrogen-bond donors (Lipinski definition) is 3. The predicted octanol–water partition coefficient (Wildman–Crippen LogP) is -0.436. The van der Waals surface area contributed by atoms with E-state index in [1.165, 1.54) is 0 Å². The molecule has 2 atom stereocenters. The lowest BCUT2D eigenvalue weighted by Crippen LogP contribution is -2.48. The van der Waals surface area contributed by atoms with Crippen LogP contribution in [0.3, 0.4) is 0 Å². The molecule has 7 heteroatoms. The van der Waals surface area contributed by atoms with Crippen molar-refractivity contribution >= 4 is 12.0 Å². The van der Waals surface area contributed by atoms with Crippen molar-refractivity contribution in [2.45, 2.75) is 25.5 Å². The Morgan fingerprint density at radius 1 is 1.47 bits per heavy atom. The number of rotatable bonds is 5. The van der Waals surface area contributed by atoms with Gasteiger partial charge >= 0.3 is 12.0 Å². The van der Waals surface area contributed by atoms with Gasteiger partial charge in [0.15, 0.2) is 0 Å². The molecule has 98 valence electrons. The van der Waals surface area contributed by atoms with E-state index in [4.69, 9.17) is 14.6 Å². The Hall–Kier alpha value is -1.34. The molecule has 1 heterocycles. The minimum atomic E-state index is -1.04. The molecular weight excluding hydrogens is 228 g/mol. The van der Waals surface area contributed by atoms with Gasteiger partial charge in [-0.1, -0.05) is 6.92 Å². The molecule has 0 aromatic rings. The van der Waals surface area contributed by atoms with Gasteiger partial charge < -0.3 is 25.2 Å². The van der Waals surface area contributed by atoms with Crippen LogP contribution in [-0.4, -0.2) is 55.6 Å². The number of carbonyl (C=O) groups is 2. The molecule has 0 spiro atoms. The first-order valence-electron chi connectivity index (χ1n) is 5.60. The van der Waals surface area contributed by atoms with Gasteiger partial charge in [-0.05, 0) is 6.42 Å². The van der Waals surface area contributed by atoms with E-state index >= 15 is 0 Å². The largest absolute Gasteiger partial charge is 0.480 e. The zero-order valence-corrected chi connectivity index (χ0v) is 9.77. The van der Waals surface area contributed by atoms with Crippen LogP contribution in [0, 0.1) is 0 Å². The van der Waals surface area contributed by atoms with Crippen LogP contribution in [-0.2, 0) is 14.3 Å². The van der Waals surface area contributed by atoms with E-state index in [1.54, 1.807) is 6.92 Å². The summed E-state index contributed by atoms with van der Waals surface area (Å²) in [5.74, 6) is -1.04. The third kappa shape index (κ3) is 5.01. The Balaban J connectivity index is 2.21. The fraction of sp³-hybridized carbons (Fsp3) is 0.800. The highest BCUT2D eigenvalue weighted by molar-refractivity contribution is 5.82. The van der Waals surface area contributed by atoms with E-state index < -0.39 is 18.0 Å². The van der Waals surface area contributed by atoms with Crippen LogP contribution >= 0.6 is 0 Å². The van der Waals surface area contributed by atoms with Crippen LogP contribution in [0.15, 0.2) is 0 Å². The van der Waals surface area contributed by atoms with Gasteiger partial charge in [-0.25, -0.2) is 9.59 Å². The lowest BCUT2D eigenvalue weighted by Gasteiger charge is -2.23. The van der Waals surface area contributed by atoms with Gasteiger partial charge in [0, 0.05) is 6.54 Å². The highest BCUT2D eigenvalue weighted by Gasteiger charge is 2.19. The first-order chi connectivity index (χ1) is 8.13. The number of carboxylic acids is 1. The van der Waals surface area contributed by atoms with Gasteiger partial charge in [0.2, 0.25) is 0 Å². The van der Waals surface area contributed by atoms with Crippen LogP contribution in [0.25, 0.3) is 0 Å². The zero-order chi connectivity index (χ0) is 12.7. The zero-order valence-electron chi connectivity index (χ0n) is 9.77. The molecule has 1 unspecified atom stereocenters. The Labute approximate surface area is 99.5 Å². The minimum absolute atomic E-state index is 0.167. The minimum Gasteiger partial charge on any atom is -0.480 e. The van der Waals surface area contributed by atoms with Crippen molar-refractivity contribution in [2.24, 2.45) is 0 Å². The molecule has 0 aromatic heterocycles. The van der Waals surface area contributed by atoms with Crippen molar-refractivity contribution in [3.05, 3.63) is 0 Å². The van der Waals surface area contributed by atoms with Crippen LogP contribution in [0.4, 0.5) is 4.79 Å². The molecule has 17 heavy (non-hydrogen) atoms. The summed E-state index contributed by atoms with van der Waals surface area (Å²) in [5, 5.41) is 13.7. The van der Waals surface area contributed by atoms with Crippen molar-refractivity contribution in [1.29, 1.82) is 0 Å². The molecule has 1 rings (SSSR count). The number of nitrogens with one attached hydrogen (secondary N) is 2. The Morgan fingerprint density at radius 3 is 2.76 bits per heavy atom. The van der Waals surface area contributed by atoms with Crippen LogP contribution in [0.1, 0.15) is 13.3 Å². The smallest absolute Gasteiger partial charge is 0.326 e. The molecule has 0 radical (unpaired) electrons. The monoisotopic (exact) mass is 246 g/mol. The molecule has 1 aliphatic heterocycles. The average molecular weight is 246 g/mol. The summed E-state index contributed by atoms with van der Waals surface area (Å²) in [6, 6.07) is -1.37. The van der Waals surface area contributed by atoms with Crippen molar-refractivity contribution in [2.75, 3.05) is 26.4 Å². The van der Waals surface area contributed by atoms with Gasteiger partial charge in [-0.2, -0.15) is 0 Å². The fourth-order valence-corrected chi connectivity index (χ4v) is 1.41. The van der Waals surface area contributed by atoms with E-state index in [9.17, 15) is 9.59 Å². The SMILES string of the molecule is CC[C@@H](NC(=O)NCC1COCCO1)C(=O)O. The molecular formula is C10H18N2O5. The molecule has 3 N–H and O–H groups in total. The van der Waals surface area contributed by atoms with Crippen molar-refractivity contribution in [1.82, 2.24) is 10.6 Å². The molecule has 2 amide bonds. The number of ether oxygens (including phenoxy) is 2. The number of carboxylic acid groups (broad SMARTS) is 1. The van der Waals surface area contributed by atoms with Crippen LogP contribution in [0.2, 0.25) is 0 Å². The van der Waals surface area contributed by atoms with Gasteiger partial charge in [-0.15, -0.1) is 0 Å². The van der Waals surface area contributed by atoms with Gasteiger partial charge in [0.05, 0.1) is 25.9 Å². The summed E-state index contributed by atoms with van der Waals surface area (Å²) in [6.45, 7) is 3.52. The number of urea groups is 1. The standard InChI is InChI=1S/C10H18N2O5/c1-2-8(9(13)14)12-10(15)11-5-7-6-16-3-4-17-7/h7-8H,2-6H2,1H3,(H,13,14)(H2,11,12,15)/t7?,8-/m1/s1. The maximum Gasteiger partial charge on any atom is 0.326 e. The molecule has 0 aliphatic carbocycles. The number of aliphatic carboxylic acids is 1. The molecule has 1 fully saturated rings.